The van der Waals surface area contributed by atoms with E-state index in [9.17, 15) is 14.4 Å². The molecule has 0 aliphatic carbocycles. The van der Waals surface area contributed by atoms with Gasteiger partial charge in [0.05, 0.1) is 24.2 Å². The topological polar surface area (TPSA) is 108 Å². The van der Waals surface area contributed by atoms with Crippen molar-refractivity contribution < 1.29 is 9.53 Å². The zero-order valence-corrected chi connectivity index (χ0v) is 18.6. The normalized spacial score (nSPS) is 10.7. The molecule has 0 aliphatic heterocycles. The summed E-state index contributed by atoms with van der Waals surface area (Å²) in [4.78, 5) is 37.5. The van der Waals surface area contributed by atoms with Gasteiger partial charge in [0.25, 0.3) is 11.1 Å². The third-order valence-corrected chi connectivity index (χ3v) is 5.72. The summed E-state index contributed by atoms with van der Waals surface area (Å²) < 4.78 is 7.57. The molecule has 3 heterocycles. The van der Waals surface area contributed by atoms with Crippen molar-refractivity contribution in [2.24, 2.45) is 0 Å². The lowest BCUT2D eigenvalue weighted by Crippen LogP contribution is -2.36. The minimum absolute atomic E-state index is 0.178. The Balaban J connectivity index is 1.38. The van der Waals surface area contributed by atoms with Crippen LogP contribution in [0.25, 0.3) is 21.8 Å². The standard InChI is InChI=1S/C23H21N5O4S/c1-32-17-6-4-16(5-7-17)18-8-10-22(30)27(25-18)13-12-24-21(29)15-28-23(31)11-9-19(26-28)20-3-2-14-33-20/h2-11,14H,12-13,15H2,1H3,(H,24,29). The van der Waals surface area contributed by atoms with Crippen molar-refractivity contribution in [1.29, 1.82) is 0 Å². The predicted octanol–water partition coefficient (Wildman–Crippen LogP) is 2.02. The van der Waals surface area contributed by atoms with E-state index >= 15 is 0 Å². The van der Waals surface area contributed by atoms with Crippen molar-refractivity contribution >= 4 is 17.2 Å². The summed E-state index contributed by atoms with van der Waals surface area (Å²) in [7, 11) is 1.59. The molecule has 1 aromatic carbocycles. The van der Waals surface area contributed by atoms with Gasteiger partial charge in [0.15, 0.2) is 0 Å². The largest absolute Gasteiger partial charge is 0.497 e. The van der Waals surface area contributed by atoms with Gasteiger partial charge in [-0.2, -0.15) is 10.2 Å². The fourth-order valence-electron chi connectivity index (χ4n) is 3.14. The molecule has 3 aromatic heterocycles. The van der Waals surface area contributed by atoms with Gasteiger partial charge in [-0.25, -0.2) is 9.36 Å². The molecule has 33 heavy (non-hydrogen) atoms. The number of aromatic nitrogens is 4. The van der Waals surface area contributed by atoms with E-state index in [1.165, 1.54) is 28.2 Å². The van der Waals surface area contributed by atoms with Crippen LogP contribution >= 0.6 is 11.3 Å². The summed E-state index contributed by atoms with van der Waals surface area (Å²) in [6, 6.07) is 17.2. The minimum Gasteiger partial charge on any atom is -0.497 e. The molecule has 0 aliphatic rings. The number of benzene rings is 1. The van der Waals surface area contributed by atoms with Gasteiger partial charge in [-0.1, -0.05) is 6.07 Å². The van der Waals surface area contributed by atoms with Crippen LogP contribution in [0, 0.1) is 0 Å². The van der Waals surface area contributed by atoms with Gasteiger partial charge < -0.3 is 10.1 Å². The molecule has 1 amide bonds. The number of hydrogen-bond donors (Lipinski definition) is 1. The van der Waals surface area contributed by atoms with Crippen LogP contribution in [0.1, 0.15) is 0 Å². The van der Waals surface area contributed by atoms with Gasteiger partial charge in [-0.05, 0) is 47.8 Å². The first-order chi connectivity index (χ1) is 16.0. The van der Waals surface area contributed by atoms with Crippen LogP contribution in [0.4, 0.5) is 0 Å². The van der Waals surface area contributed by atoms with Crippen molar-refractivity contribution in [2.45, 2.75) is 13.1 Å². The smallest absolute Gasteiger partial charge is 0.267 e. The van der Waals surface area contributed by atoms with Gasteiger partial charge in [0.1, 0.15) is 18.0 Å². The van der Waals surface area contributed by atoms with Crippen LogP contribution < -0.4 is 21.2 Å². The Labute approximate surface area is 192 Å². The van der Waals surface area contributed by atoms with Gasteiger partial charge in [-0.3, -0.25) is 14.4 Å². The molecule has 168 valence electrons. The van der Waals surface area contributed by atoms with Gasteiger partial charge in [-0.15, -0.1) is 11.3 Å². The van der Waals surface area contributed by atoms with Gasteiger partial charge >= 0.3 is 0 Å². The second kappa shape index (κ2) is 10.0. The molecule has 9 nitrogen and oxygen atoms in total. The fourth-order valence-corrected chi connectivity index (χ4v) is 3.83. The van der Waals surface area contributed by atoms with Crippen LogP contribution in [-0.2, 0) is 17.9 Å². The molecule has 0 radical (unpaired) electrons. The van der Waals surface area contributed by atoms with E-state index in [1.54, 1.807) is 19.2 Å². The van der Waals surface area contributed by atoms with Gasteiger partial charge in [0, 0.05) is 24.2 Å². The summed E-state index contributed by atoms with van der Waals surface area (Å²) in [5, 5.41) is 13.3. The molecule has 10 heteroatoms. The van der Waals surface area contributed by atoms with Gasteiger partial charge in [0.2, 0.25) is 5.91 Å². The van der Waals surface area contributed by atoms with Crippen molar-refractivity contribution in [3.8, 4) is 27.6 Å². The lowest BCUT2D eigenvalue weighted by molar-refractivity contribution is -0.121. The second-order valence-corrected chi connectivity index (χ2v) is 8.00. The lowest BCUT2D eigenvalue weighted by atomic mass is 10.1. The van der Waals surface area contributed by atoms with Crippen LogP contribution in [0.3, 0.4) is 0 Å². The zero-order chi connectivity index (χ0) is 23.2. The Morgan fingerprint density at radius 3 is 2.33 bits per heavy atom. The number of nitrogens with one attached hydrogen (secondary N) is 1. The summed E-state index contributed by atoms with van der Waals surface area (Å²) in [6.07, 6.45) is 0. The monoisotopic (exact) mass is 463 g/mol. The van der Waals surface area contributed by atoms with Crippen LogP contribution in [0.2, 0.25) is 0 Å². The molecule has 1 N–H and O–H groups in total. The molecule has 0 atom stereocenters. The first kappa shape index (κ1) is 22.2. The Kier molecular flexibility index (Phi) is 6.75. The highest BCUT2D eigenvalue weighted by molar-refractivity contribution is 7.13. The average Bonchev–Trinajstić information content (AvgIpc) is 3.37. The van der Waals surface area contributed by atoms with Crippen molar-refractivity contribution in [2.75, 3.05) is 13.7 Å². The molecule has 0 saturated heterocycles. The maximum Gasteiger partial charge on any atom is 0.267 e. The molecular weight excluding hydrogens is 442 g/mol. The highest BCUT2D eigenvalue weighted by Gasteiger charge is 2.09. The zero-order valence-electron chi connectivity index (χ0n) is 17.8. The molecule has 0 unspecified atom stereocenters. The van der Waals surface area contributed by atoms with E-state index in [2.05, 4.69) is 15.5 Å². The van der Waals surface area contributed by atoms with Crippen molar-refractivity contribution in [3.63, 3.8) is 0 Å². The first-order valence-electron chi connectivity index (χ1n) is 10.1. The second-order valence-electron chi connectivity index (χ2n) is 7.05. The minimum atomic E-state index is -0.382. The molecule has 0 fully saturated rings. The molecule has 4 rings (SSSR count). The maximum absolute atomic E-state index is 12.4. The van der Waals surface area contributed by atoms with E-state index in [1.807, 2.05) is 41.8 Å². The van der Waals surface area contributed by atoms with Crippen molar-refractivity contribution in [1.82, 2.24) is 24.9 Å². The number of amides is 1. The number of rotatable bonds is 8. The number of ether oxygens (including phenoxy) is 1. The molecule has 4 aromatic rings. The van der Waals surface area contributed by atoms with Crippen molar-refractivity contribution in [3.05, 3.63) is 86.8 Å². The van der Waals surface area contributed by atoms with E-state index < -0.39 is 0 Å². The number of hydrogen-bond acceptors (Lipinski definition) is 7. The highest BCUT2D eigenvalue weighted by atomic mass is 32.1. The summed E-state index contributed by atoms with van der Waals surface area (Å²) in [5.41, 5.74) is 1.46. The fraction of sp³-hybridized carbons (Fsp3) is 0.174. The quantitative estimate of drug-likeness (QED) is 0.428. The Morgan fingerprint density at radius 1 is 0.939 bits per heavy atom. The first-order valence-corrected chi connectivity index (χ1v) is 11.0. The van der Waals surface area contributed by atoms with Crippen LogP contribution in [0.15, 0.2) is 75.6 Å². The summed E-state index contributed by atoms with van der Waals surface area (Å²) in [5.74, 6) is 0.344. The Bertz CT molecular complexity index is 1360. The Morgan fingerprint density at radius 2 is 1.64 bits per heavy atom. The average molecular weight is 464 g/mol. The highest BCUT2D eigenvalue weighted by Crippen LogP contribution is 2.21. The molecule has 0 saturated carbocycles. The number of carbonyl (C=O) groups is 1. The Hall–Kier alpha value is -4.05. The summed E-state index contributed by atoms with van der Waals surface area (Å²) >= 11 is 1.50. The number of carbonyl (C=O) groups excluding carboxylic acids is 1. The third kappa shape index (κ3) is 5.42. The maximum atomic E-state index is 12.4. The van der Waals surface area contributed by atoms with Crippen LogP contribution in [-0.4, -0.2) is 39.1 Å². The van der Waals surface area contributed by atoms with E-state index in [0.29, 0.717) is 11.4 Å². The van der Waals surface area contributed by atoms with Crippen LogP contribution in [0.5, 0.6) is 5.75 Å². The van der Waals surface area contributed by atoms with E-state index in [-0.39, 0.29) is 36.7 Å². The lowest BCUT2D eigenvalue weighted by Gasteiger charge is -2.10. The SMILES string of the molecule is COc1ccc(-c2ccc(=O)n(CCNC(=O)Cn3nc(-c4cccs4)ccc3=O)n2)cc1. The number of nitrogens with zero attached hydrogens (tertiary/aromatic N) is 4. The predicted molar refractivity (Wildman–Crippen MR) is 125 cm³/mol. The molecular formula is C23H21N5O4S. The van der Waals surface area contributed by atoms with E-state index in [4.69, 9.17) is 4.74 Å². The molecule has 0 spiro atoms. The number of methoxy groups -OCH3 is 1. The summed E-state index contributed by atoms with van der Waals surface area (Å²) in [6.45, 7) is 0.148. The van der Waals surface area contributed by atoms with E-state index in [0.717, 1.165) is 20.9 Å². The third-order valence-electron chi connectivity index (χ3n) is 4.83. The number of thiophene rings is 1. The molecule has 0 bridgehead atoms.